The van der Waals surface area contributed by atoms with E-state index in [2.05, 4.69) is 4.74 Å². The number of carboxylic acids is 1. The van der Waals surface area contributed by atoms with Crippen molar-refractivity contribution < 1.29 is 37.3 Å². The van der Waals surface area contributed by atoms with Gasteiger partial charge in [0.2, 0.25) is 5.91 Å². The molecule has 2 rings (SSSR count). The van der Waals surface area contributed by atoms with Crippen molar-refractivity contribution in [3.8, 4) is 5.75 Å². The van der Waals surface area contributed by atoms with E-state index in [9.17, 15) is 22.8 Å². The average Bonchev–Trinajstić information content (AvgIpc) is 2.52. The largest absolute Gasteiger partial charge is 0.573 e. The number of carbonyl (C=O) groups is 2. The second kappa shape index (κ2) is 7.52. The Bertz CT molecular complexity index is 588. The van der Waals surface area contributed by atoms with E-state index in [1.807, 2.05) is 0 Å². The van der Waals surface area contributed by atoms with Crippen molar-refractivity contribution in [3.63, 3.8) is 0 Å². The lowest BCUT2D eigenvalue weighted by Gasteiger charge is -2.31. The van der Waals surface area contributed by atoms with Gasteiger partial charge >= 0.3 is 12.3 Å². The first kappa shape index (κ1) is 18.1. The molecule has 1 atom stereocenters. The van der Waals surface area contributed by atoms with Crippen LogP contribution in [0.1, 0.15) is 12.0 Å². The molecule has 0 spiro atoms. The van der Waals surface area contributed by atoms with E-state index < -0.39 is 18.4 Å². The molecule has 0 bridgehead atoms. The molecule has 0 unspecified atom stereocenters. The first-order valence-electron chi connectivity index (χ1n) is 7.21. The zero-order valence-electron chi connectivity index (χ0n) is 12.6. The maximum absolute atomic E-state index is 12.1. The van der Waals surface area contributed by atoms with Crippen LogP contribution in [0.4, 0.5) is 13.2 Å². The van der Waals surface area contributed by atoms with Crippen molar-refractivity contribution in [2.24, 2.45) is 0 Å². The molecule has 1 fully saturated rings. The van der Waals surface area contributed by atoms with Crippen molar-refractivity contribution in [2.75, 3.05) is 19.7 Å². The van der Waals surface area contributed by atoms with Gasteiger partial charge in [-0.15, -0.1) is 13.2 Å². The van der Waals surface area contributed by atoms with Crippen LogP contribution < -0.4 is 4.74 Å². The predicted molar refractivity (Wildman–Crippen MR) is 75.4 cm³/mol. The van der Waals surface area contributed by atoms with Gasteiger partial charge in [-0.1, -0.05) is 12.1 Å². The van der Waals surface area contributed by atoms with E-state index >= 15 is 0 Å². The van der Waals surface area contributed by atoms with Gasteiger partial charge in [0.15, 0.2) is 6.10 Å². The Hall–Kier alpha value is -2.29. The van der Waals surface area contributed by atoms with E-state index in [1.54, 1.807) is 0 Å². The number of amides is 1. The molecular weight excluding hydrogens is 331 g/mol. The van der Waals surface area contributed by atoms with Gasteiger partial charge in [-0.05, 0) is 24.1 Å². The first-order chi connectivity index (χ1) is 11.2. The molecule has 1 aromatic rings. The van der Waals surface area contributed by atoms with Gasteiger partial charge in [-0.25, -0.2) is 4.79 Å². The van der Waals surface area contributed by atoms with E-state index in [1.165, 1.54) is 29.2 Å². The highest BCUT2D eigenvalue weighted by molar-refractivity contribution is 5.78. The second-order valence-corrected chi connectivity index (χ2v) is 5.23. The van der Waals surface area contributed by atoms with Crippen molar-refractivity contribution in [1.29, 1.82) is 0 Å². The Morgan fingerprint density at radius 2 is 1.96 bits per heavy atom. The summed E-state index contributed by atoms with van der Waals surface area (Å²) in [6.07, 6.45) is -5.30. The van der Waals surface area contributed by atoms with E-state index in [0.717, 1.165) is 0 Å². The molecule has 132 valence electrons. The minimum Gasteiger partial charge on any atom is -0.479 e. The fourth-order valence-corrected chi connectivity index (χ4v) is 2.29. The molecule has 1 aliphatic heterocycles. The highest BCUT2D eigenvalue weighted by atomic mass is 19.4. The lowest BCUT2D eigenvalue weighted by molar-refractivity contribution is -0.274. The van der Waals surface area contributed by atoms with Gasteiger partial charge in [0.1, 0.15) is 5.75 Å². The third-order valence-corrected chi connectivity index (χ3v) is 3.48. The van der Waals surface area contributed by atoms with Crippen molar-refractivity contribution in [3.05, 3.63) is 29.8 Å². The van der Waals surface area contributed by atoms with E-state index in [0.29, 0.717) is 18.5 Å². The SMILES string of the molecule is O=C(O)[C@@H]1CN(C(=O)CCc2ccc(OC(F)(F)F)cc2)CCO1. The number of carboxylic acid groups (broad SMARTS) is 1. The van der Waals surface area contributed by atoms with Crippen LogP contribution in [0.15, 0.2) is 24.3 Å². The Morgan fingerprint density at radius 3 is 2.54 bits per heavy atom. The summed E-state index contributed by atoms with van der Waals surface area (Å²) in [6, 6.07) is 5.27. The molecule has 0 aromatic heterocycles. The molecule has 9 heteroatoms. The smallest absolute Gasteiger partial charge is 0.479 e. The number of rotatable bonds is 5. The maximum Gasteiger partial charge on any atom is 0.573 e. The number of benzene rings is 1. The van der Waals surface area contributed by atoms with E-state index in [-0.39, 0.29) is 31.2 Å². The first-order valence-corrected chi connectivity index (χ1v) is 7.21. The monoisotopic (exact) mass is 347 g/mol. The average molecular weight is 347 g/mol. The van der Waals surface area contributed by atoms with Gasteiger partial charge in [0, 0.05) is 13.0 Å². The molecule has 0 radical (unpaired) electrons. The van der Waals surface area contributed by atoms with Crippen molar-refractivity contribution in [1.82, 2.24) is 4.90 Å². The Labute approximate surface area is 135 Å². The van der Waals surface area contributed by atoms with Crippen LogP contribution >= 0.6 is 0 Å². The Kier molecular flexibility index (Phi) is 5.66. The van der Waals surface area contributed by atoms with E-state index in [4.69, 9.17) is 9.84 Å². The quantitative estimate of drug-likeness (QED) is 0.879. The molecule has 1 amide bonds. The Balaban J connectivity index is 1.84. The summed E-state index contributed by atoms with van der Waals surface area (Å²) in [6.45, 7) is 0.472. The number of nitrogens with zero attached hydrogens (tertiary/aromatic N) is 1. The minimum absolute atomic E-state index is 0.00741. The summed E-state index contributed by atoms with van der Waals surface area (Å²) in [5, 5.41) is 8.90. The van der Waals surface area contributed by atoms with Crippen LogP contribution in [0, 0.1) is 0 Å². The summed E-state index contributed by atoms with van der Waals surface area (Å²) >= 11 is 0. The number of hydrogen-bond donors (Lipinski definition) is 1. The molecule has 1 saturated heterocycles. The fraction of sp³-hybridized carbons (Fsp3) is 0.467. The molecule has 1 aliphatic rings. The molecule has 1 heterocycles. The van der Waals surface area contributed by atoms with Crippen LogP contribution in [-0.4, -0.2) is 54.0 Å². The van der Waals surface area contributed by atoms with Crippen molar-refractivity contribution >= 4 is 11.9 Å². The summed E-state index contributed by atoms with van der Waals surface area (Å²) in [5.41, 5.74) is 0.681. The number of aliphatic carboxylic acids is 1. The molecule has 0 saturated carbocycles. The molecule has 24 heavy (non-hydrogen) atoms. The van der Waals surface area contributed by atoms with Crippen LogP contribution in [0.2, 0.25) is 0 Å². The van der Waals surface area contributed by atoms with Crippen LogP contribution in [-0.2, 0) is 20.7 Å². The van der Waals surface area contributed by atoms with Gasteiger partial charge in [0.05, 0.1) is 13.2 Å². The van der Waals surface area contributed by atoms with Crippen LogP contribution in [0.5, 0.6) is 5.75 Å². The molecule has 1 N–H and O–H groups in total. The number of aryl methyl sites for hydroxylation is 1. The van der Waals surface area contributed by atoms with Gasteiger partial charge in [0.25, 0.3) is 0 Å². The number of morpholine rings is 1. The highest BCUT2D eigenvalue weighted by Crippen LogP contribution is 2.23. The molecule has 0 aliphatic carbocycles. The zero-order valence-corrected chi connectivity index (χ0v) is 12.6. The number of carbonyl (C=O) groups excluding carboxylic acids is 1. The summed E-state index contributed by atoms with van der Waals surface area (Å²) in [4.78, 5) is 24.4. The third-order valence-electron chi connectivity index (χ3n) is 3.48. The number of halogens is 3. The number of alkyl halides is 3. The second-order valence-electron chi connectivity index (χ2n) is 5.23. The van der Waals surface area contributed by atoms with Gasteiger partial charge in [-0.3, -0.25) is 4.79 Å². The predicted octanol–water partition coefficient (Wildman–Crippen LogP) is 1.83. The standard InChI is InChI=1S/C15H16F3NO5/c16-15(17,18)24-11-4-1-10(2-5-11)3-6-13(20)19-7-8-23-12(9-19)14(21)22/h1-2,4-5,12H,3,6-9H2,(H,21,22)/t12-/m0/s1. The van der Waals surface area contributed by atoms with Crippen molar-refractivity contribution in [2.45, 2.75) is 25.3 Å². The van der Waals surface area contributed by atoms with Gasteiger partial charge in [-0.2, -0.15) is 0 Å². The number of hydrogen-bond acceptors (Lipinski definition) is 4. The topological polar surface area (TPSA) is 76.1 Å². The summed E-state index contributed by atoms with van der Waals surface area (Å²) in [7, 11) is 0. The third kappa shape index (κ3) is 5.41. The maximum atomic E-state index is 12.1. The van der Waals surface area contributed by atoms with Gasteiger partial charge < -0.3 is 19.5 Å². The molecule has 6 nitrogen and oxygen atoms in total. The highest BCUT2D eigenvalue weighted by Gasteiger charge is 2.31. The number of ether oxygens (including phenoxy) is 2. The minimum atomic E-state index is -4.74. The Morgan fingerprint density at radius 1 is 1.29 bits per heavy atom. The fourth-order valence-electron chi connectivity index (χ4n) is 2.29. The van der Waals surface area contributed by atoms with Crippen LogP contribution in [0.25, 0.3) is 0 Å². The van der Waals surface area contributed by atoms with Crippen LogP contribution in [0.3, 0.4) is 0 Å². The summed E-state index contributed by atoms with van der Waals surface area (Å²) in [5.74, 6) is -1.66. The lowest BCUT2D eigenvalue weighted by Crippen LogP contribution is -2.48. The molecule has 1 aromatic carbocycles. The normalized spacial score (nSPS) is 18.3. The molecular formula is C15H16F3NO5. The summed E-state index contributed by atoms with van der Waals surface area (Å²) < 4.78 is 45.0. The zero-order chi connectivity index (χ0) is 17.7. The lowest BCUT2D eigenvalue weighted by atomic mass is 10.1.